The minimum Gasteiger partial charge on any atom is -0.481 e. The second-order valence-corrected chi connectivity index (χ2v) is 25.8. The monoisotopic (exact) mass is 1450 g/mol. The van der Waals surface area contributed by atoms with E-state index in [0.29, 0.717) is 35.2 Å². The lowest BCUT2D eigenvalue weighted by Gasteiger charge is -2.34. The number of carboxylic acid groups (broad SMARTS) is 2. The summed E-state index contributed by atoms with van der Waals surface area (Å²) in [5.41, 5.74) is 17.5. The van der Waals surface area contributed by atoms with Gasteiger partial charge >= 0.3 is 11.9 Å². The highest BCUT2D eigenvalue weighted by atomic mass is 16.4. The molecule has 0 bridgehead atoms. The number of carbonyl (C=O) groups is 13. The van der Waals surface area contributed by atoms with Crippen LogP contribution in [0.5, 0.6) is 0 Å². The smallest absolute Gasteiger partial charge is 0.305 e. The summed E-state index contributed by atoms with van der Waals surface area (Å²) in [7, 11) is 0. The molecule has 0 saturated heterocycles. The standard InChI is InChI=1S/C74H92N14O17/c1-7-8-22-54(81-60(91)38-78-67(99)57(34-61(92)93)83-65(97)43(4)80-66(98)53(75)33-50-37-77-40-79-50)71(103)88-74(6,36-47-18-10-9-11-19-47)73(105)87-63(44(5)90)72(104)86-59(39-89)70(102)85-58(35-62(94)95)69(101)84-56(32-46-25-29-49(30-26-46)52-21-15-13-17-42(52)3)68(100)82-55(64(76)96)31-45-23-27-48(28-24-45)51-20-14-12-16-41(51)2/h9-21,23-30,37,40,43-44,53-59,63,89-90H,7-8,22,31-36,38-39,75H2,1-6H3,(H2,76,96)(H,77,79)(H,78,99)(H,80,98)(H,81,91)(H,82,100)(H,83,97)(H,84,101)(H,85,102)(H,86,104)(H,87,105)(H,88,103)(H,92,93)(H,94,95)/t43-,44+,53-,54-,55-,56-,57-,58-,59-,63-,74-/m0/s1. The van der Waals surface area contributed by atoms with Gasteiger partial charge in [-0.05, 0) is 91.1 Å². The Hall–Kier alpha value is -11.7. The molecule has 31 nitrogen and oxygen atoms in total. The van der Waals surface area contributed by atoms with Gasteiger partial charge in [0, 0.05) is 37.6 Å². The van der Waals surface area contributed by atoms with Gasteiger partial charge in [0.1, 0.15) is 53.9 Å². The third-order valence-corrected chi connectivity index (χ3v) is 17.2. The van der Waals surface area contributed by atoms with Crippen molar-refractivity contribution in [3.63, 3.8) is 0 Å². The quantitative estimate of drug-likeness (QED) is 0.0238. The summed E-state index contributed by atoms with van der Waals surface area (Å²) < 4.78 is 0. The molecule has 6 aromatic rings. The highest BCUT2D eigenvalue weighted by Gasteiger charge is 2.42. The summed E-state index contributed by atoms with van der Waals surface area (Å²) in [6.45, 7) is 7.24. The number of primary amides is 1. The number of nitrogens with one attached hydrogen (secondary N) is 11. The van der Waals surface area contributed by atoms with Gasteiger partial charge in [-0.2, -0.15) is 0 Å². The highest BCUT2D eigenvalue weighted by Crippen LogP contribution is 2.26. The number of imidazole rings is 1. The number of hydrogen-bond acceptors (Lipinski definition) is 17. The van der Waals surface area contributed by atoms with E-state index in [2.05, 4.69) is 63.1 Å². The van der Waals surface area contributed by atoms with E-state index in [1.165, 1.54) is 26.4 Å². The molecule has 0 spiro atoms. The molecule has 19 N–H and O–H groups in total. The van der Waals surface area contributed by atoms with Crippen molar-refractivity contribution in [2.45, 2.75) is 165 Å². The lowest BCUT2D eigenvalue weighted by molar-refractivity contribution is -0.142. The van der Waals surface area contributed by atoms with Crippen molar-refractivity contribution in [1.82, 2.24) is 63.1 Å². The predicted octanol–water partition coefficient (Wildman–Crippen LogP) is -0.154. The van der Waals surface area contributed by atoms with Crippen LogP contribution in [0.15, 0.2) is 140 Å². The number of carbonyl (C=O) groups excluding carboxylic acids is 11. The Morgan fingerprint density at radius 1 is 0.533 bits per heavy atom. The fourth-order valence-electron chi connectivity index (χ4n) is 11.2. The van der Waals surface area contributed by atoms with Crippen LogP contribution in [0.3, 0.4) is 0 Å². The van der Waals surface area contributed by atoms with Gasteiger partial charge < -0.3 is 90.0 Å². The average Bonchev–Trinajstić information content (AvgIpc) is 0.872. The van der Waals surface area contributed by atoms with E-state index in [1.54, 1.807) is 73.7 Å². The normalized spacial score (nSPS) is 14.5. The maximum atomic E-state index is 14.7. The van der Waals surface area contributed by atoms with Gasteiger partial charge in [0.2, 0.25) is 65.0 Å². The Bertz CT molecular complexity index is 4030. The van der Waals surface area contributed by atoms with E-state index in [-0.39, 0.29) is 32.1 Å². The number of nitrogens with two attached hydrogens (primary N) is 2. The van der Waals surface area contributed by atoms with Crippen molar-refractivity contribution in [2.24, 2.45) is 11.5 Å². The van der Waals surface area contributed by atoms with E-state index >= 15 is 0 Å². The summed E-state index contributed by atoms with van der Waals surface area (Å²) in [5, 5.41) is 65.3. The highest BCUT2D eigenvalue weighted by molar-refractivity contribution is 6.01. The number of carboxylic acids is 2. The van der Waals surface area contributed by atoms with Crippen molar-refractivity contribution in [3.05, 3.63) is 173 Å². The zero-order valence-electron chi connectivity index (χ0n) is 59.0. The molecule has 0 fully saturated rings. The molecule has 6 rings (SSSR count). The lowest BCUT2D eigenvalue weighted by atomic mass is 9.90. The van der Waals surface area contributed by atoms with Gasteiger partial charge in [-0.15, -0.1) is 0 Å². The van der Waals surface area contributed by atoms with E-state index in [4.69, 9.17) is 11.5 Å². The summed E-state index contributed by atoms with van der Waals surface area (Å²) in [6.07, 6.45) is -0.835. The number of unbranched alkanes of at least 4 members (excludes halogenated alkanes) is 1. The van der Waals surface area contributed by atoms with Crippen LogP contribution in [0.25, 0.3) is 22.3 Å². The molecular weight excluding hydrogens is 1360 g/mol. The van der Waals surface area contributed by atoms with Crippen molar-refractivity contribution in [3.8, 4) is 22.3 Å². The molecule has 1 heterocycles. The Balaban J connectivity index is 1.15. The molecule has 0 aliphatic rings. The van der Waals surface area contributed by atoms with E-state index < -0.39 is 169 Å². The number of hydrogen-bond donors (Lipinski definition) is 17. The SMILES string of the molecule is CCCC[C@H](NC(=O)CNC(=O)[C@H](CC(=O)O)NC(=O)[C@H](C)NC(=O)[C@@H](N)Cc1cnc[nH]1)C(=O)N[C@@](C)(Cc1ccccc1)C(=O)N[C@H](C(=O)N[C@@H](CO)C(=O)N[C@@H](CC(=O)O)C(=O)N[C@@H](Cc1ccc(-c2ccccc2C)cc1)C(=O)N[C@@H](Cc1ccc(-c2ccccc2C)cc1)C(N)=O)[C@@H](C)O. The molecule has 105 heavy (non-hydrogen) atoms. The van der Waals surface area contributed by atoms with Crippen LogP contribution in [0, 0.1) is 13.8 Å². The molecule has 560 valence electrons. The molecule has 5 aromatic carbocycles. The van der Waals surface area contributed by atoms with Gasteiger partial charge in [-0.3, -0.25) is 62.3 Å². The molecule has 1 aromatic heterocycles. The Kier molecular flexibility index (Phi) is 31.1. The first-order valence-electron chi connectivity index (χ1n) is 34.0. The van der Waals surface area contributed by atoms with Crippen LogP contribution in [0.2, 0.25) is 0 Å². The number of amides is 11. The summed E-state index contributed by atoms with van der Waals surface area (Å²) in [4.78, 5) is 183. The second kappa shape index (κ2) is 39.6. The fourth-order valence-corrected chi connectivity index (χ4v) is 11.2. The van der Waals surface area contributed by atoms with Gasteiger partial charge in [-0.25, -0.2) is 4.98 Å². The van der Waals surface area contributed by atoms with Crippen LogP contribution in [0.4, 0.5) is 0 Å². The van der Waals surface area contributed by atoms with Crippen LogP contribution >= 0.6 is 0 Å². The zero-order chi connectivity index (χ0) is 77.1. The predicted molar refractivity (Wildman–Crippen MR) is 384 cm³/mol. The van der Waals surface area contributed by atoms with Crippen LogP contribution in [0.1, 0.15) is 93.3 Å². The molecule has 11 amide bonds. The number of H-pyrrole nitrogens is 1. The van der Waals surface area contributed by atoms with Crippen LogP contribution in [-0.2, 0) is 88.0 Å². The van der Waals surface area contributed by atoms with Crippen LogP contribution < -0.4 is 64.6 Å². The molecule has 0 aliphatic heterocycles. The third kappa shape index (κ3) is 25.4. The van der Waals surface area contributed by atoms with Gasteiger partial charge in [0.05, 0.1) is 44.5 Å². The number of aromatic nitrogens is 2. The number of aliphatic hydroxyl groups is 2. The molecule has 0 radical (unpaired) electrons. The average molecular weight is 1450 g/mol. The van der Waals surface area contributed by atoms with Gasteiger partial charge in [-0.1, -0.05) is 147 Å². The fraction of sp³-hybridized carbons (Fsp3) is 0.378. The molecule has 11 atom stereocenters. The molecule has 0 saturated carbocycles. The minimum atomic E-state index is -2.06. The summed E-state index contributed by atoms with van der Waals surface area (Å²) in [6, 6.07) is 23.3. The number of benzene rings is 5. The first-order chi connectivity index (χ1) is 49.9. The number of aromatic amines is 1. The van der Waals surface area contributed by atoms with Gasteiger partial charge in [0.25, 0.3) is 0 Å². The molecular formula is C74H92N14O17. The molecule has 0 aliphatic carbocycles. The minimum absolute atomic E-state index is 0.0377. The summed E-state index contributed by atoms with van der Waals surface area (Å²) >= 11 is 0. The number of aliphatic hydroxyl groups excluding tert-OH is 2. The third-order valence-electron chi connectivity index (χ3n) is 17.2. The second-order valence-electron chi connectivity index (χ2n) is 25.8. The number of aryl methyl sites for hydroxylation is 2. The largest absolute Gasteiger partial charge is 0.481 e. The molecule has 31 heteroatoms. The van der Waals surface area contributed by atoms with E-state index in [1.807, 2.05) is 74.5 Å². The summed E-state index contributed by atoms with van der Waals surface area (Å²) in [5.74, 6) is -14.7. The van der Waals surface area contributed by atoms with E-state index in [9.17, 15) is 82.8 Å². The Labute approximate surface area is 606 Å². The van der Waals surface area contributed by atoms with Crippen LogP contribution in [-0.4, -0.2) is 186 Å². The van der Waals surface area contributed by atoms with Gasteiger partial charge in [0.15, 0.2) is 0 Å². The Morgan fingerprint density at radius 2 is 1.03 bits per heavy atom. The number of rotatable bonds is 40. The van der Waals surface area contributed by atoms with Crippen molar-refractivity contribution >= 4 is 76.9 Å². The first kappa shape index (κ1) is 82.3. The molecule has 0 unspecified atom stereocenters. The lowest BCUT2D eigenvalue weighted by Crippen LogP contribution is -2.66. The van der Waals surface area contributed by atoms with E-state index in [0.717, 1.165) is 40.3 Å². The van der Waals surface area contributed by atoms with Crippen molar-refractivity contribution in [1.29, 1.82) is 0 Å². The van der Waals surface area contributed by atoms with Crippen molar-refractivity contribution < 1.29 is 82.8 Å². The number of nitrogens with zero attached hydrogens (tertiary/aromatic N) is 1. The van der Waals surface area contributed by atoms with Crippen molar-refractivity contribution in [2.75, 3.05) is 13.2 Å². The first-order valence-corrected chi connectivity index (χ1v) is 34.0. The number of aliphatic carboxylic acids is 2. The Morgan fingerprint density at radius 3 is 1.54 bits per heavy atom. The maximum absolute atomic E-state index is 14.7. The topological polar surface area (TPSA) is 504 Å². The zero-order valence-corrected chi connectivity index (χ0v) is 59.0. The maximum Gasteiger partial charge on any atom is 0.305 e.